The van der Waals surface area contributed by atoms with Gasteiger partial charge in [0.1, 0.15) is 0 Å². The quantitative estimate of drug-likeness (QED) is 0.0385. The number of hydrogen-bond acceptors (Lipinski definition) is 3. The van der Waals surface area contributed by atoms with E-state index in [1.807, 2.05) is 0 Å². The summed E-state index contributed by atoms with van der Waals surface area (Å²) < 4.78 is 0. The van der Waals surface area contributed by atoms with Gasteiger partial charge in [0.15, 0.2) is 0 Å². The number of unbranched alkanes of at least 4 members (excludes halogenated alkanes) is 8. The van der Waals surface area contributed by atoms with E-state index in [1.54, 1.807) is 0 Å². The molecule has 0 spiro atoms. The van der Waals surface area contributed by atoms with Gasteiger partial charge in [0, 0.05) is 41.0 Å². The van der Waals surface area contributed by atoms with Crippen LogP contribution in [-0.4, -0.2) is 23.1 Å². The molecule has 8 bridgehead atoms. The van der Waals surface area contributed by atoms with E-state index < -0.39 is 0 Å². The zero-order valence-electron chi connectivity index (χ0n) is 43.8. The molecule has 0 radical (unpaired) electrons. The Morgan fingerprint density at radius 3 is 1.56 bits per heavy atom. The molecule has 5 nitrogen and oxygen atoms in total. The molecule has 2 unspecified atom stereocenters. The van der Waals surface area contributed by atoms with Gasteiger partial charge in [-0.2, -0.15) is 0 Å². The predicted octanol–water partition coefficient (Wildman–Crippen LogP) is 16.4. The predicted molar refractivity (Wildman–Crippen MR) is 296 cm³/mol. The van der Waals surface area contributed by atoms with Gasteiger partial charge in [-0.05, 0) is 123 Å². The van der Waals surface area contributed by atoms with E-state index in [4.69, 9.17) is 19.9 Å². The van der Waals surface area contributed by atoms with Gasteiger partial charge in [-0.1, -0.05) is 184 Å². The van der Waals surface area contributed by atoms with E-state index in [0.717, 1.165) is 124 Å². The van der Waals surface area contributed by atoms with Gasteiger partial charge >= 0.3 is 19.5 Å². The molecule has 5 aromatic rings. The standard InChI is InChI=1S/C64H77N5.Zn/c1-8-14-18-20-44-69(45-21-19-15-9-2)52-32-28-50(29-33-52)31-35-54-57-37-39-61(66-57)55(46-48(12-5)22-16-10-3)60-38-36-56(65-60)53(34-30-49-26-24-47(7)25-27-49)58-40-42-62(67-58)64(51(13-6)23-17-11-4)63-43-41-59(54)68-63;/h24-29,32-33,36-43,48,51H,8-23,44-46H2,1-7H3;/q-2;+2. The summed E-state index contributed by atoms with van der Waals surface area (Å²) in [5.41, 5.74) is 15.6. The fourth-order valence-corrected chi connectivity index (χ4v) is 9.78. The molecule has 2 atom stereocenters. The first kappa shape index (κ1) is 53.9. The van der Waals surface area contributed by atoms with Crippen LogP contribution in [0.1, 0.15) is 212 Å². The molecule has 2 aliphatic heterocycles. The first-order chi connectivity index (χ1) is 33.9. The van der Waals surface area contributed by atoms with Crippen molar-refractivity contribution in [2.45, 2.75) is 164 Å². The van der Waals surface area contributed by atoms with Crippen LogP contribution in [0.2, 0.25) is 0 Å². The molecule has 5 heterocycles. The van der Waals surface area contributed by atoms with E-state index in [-0.39, 0.29) is 25.4 Å². The van der Waals surface area contributed by atoms with Crippen molar-refractivity contribution in [2.75, 3.05) is 18.0 Å². The fourth-order valence-electron chi connectivity index (χ4n) is 9.78. The zero-order chi connectivity index (χ0) is 48.4. The normalized spacial score (nSPS) is 12.4. The van der Waals surface area contributed by atoms with Crippen molar-refractivity contribution < 1.29 is 19.5 Å². The molecular weight excluding hydrogens is 904 g/mol. The second kappa shape index (κ2) is 27.8. The second-order valence-corrected chi connectivity index (χ2v) is 19.4. The molecule has 7 rings (SSSR count). The number of aromatic nitrogens is 4. The molecule has 0 amide bonds. The summed E-state index contributed by atoms with van der Waals surface area (Å²) in [6.45, 7) is 18.0. The number of hydrogen-bond donors (Lipinski definition) is 0. The molecule has 3 aromatic heterocycles. The third-order valence-electron chi connectivity index (χ3n) is 14.1. The molecule has 0 aliphatic carbocycles. The van der Waals surface area contributed by atoms with Crippen LogP contribution in [0.15, 0.2) is 72.8 Å². The maximum atomic E-state index is 5.49. The molecule has 0 saturated heterocycles. The molecule has 0 fully saturated rings. The second-order valence-electron chi connectivity index (χ2n) is 19.4. The Labute approximate surface area is 434 Å². The van der Waals surface area contributed by atoms with Crippen molar-refractivity contribution in [3.8, 4) is 23.7 Å². The molecular formula is C64H77N5Zn. The van der Waals surface area contributed by atoms with Crippen LogP contribution in [0.5, 0.6) is 0 Å². The first-order valence-corrected chi connectivity index (χ1v) is 26.9. The minimum Gasteiger partial charge on any atom is -0.656 e. The first-order valence-electron chi connectivity index (χ1n) is 26.9. The molecule has 2 aliphatic rings. The number of nitrogens with zero attached hydrogens (tertiary/aromatic N) is 5. The maximum absolute atomic E-state index is 5.49. The Bertz CT molecular complexity index is 2800. The van der Waals surface area contributed by atoms with Crippen LogP contribution in [0.4, 0.5) is 5.69 Å². The molecule has 0 N–H and O–H groups in total. The number of fused-ring (bicyclic) bond motifs is 8. The Kier molecular flexibility index (Phi) is 21.4. The van der Waals surface area contributed by atoms with Gasteiger partial charge in [-0.15, -0.1) is 22.1 Å². The average molecular weight is 982 g/mol. The van der Waals surface area contributed by atoms with Crippen LogP contribution in [0, 0.1) is 36.5 Å². The minimum atomic E-state index is 0. The molecule has 360 valence electrons. The topological polar surface area (TPSA) is 57.2 Å². The zero-order valence-corrected chi connectivity index (χ0v) is 46.7. The van der Waals surface area contributed by atoms with Crippen LogP contribution >= 0.6 is 0 Å². The van der Waals surface area contributed by atoms with Crippen LogP contribution in [0.25, 0.3) is 46.4 Å². The van der Waals surface area contributed by atoms with Crippen molar-refractivity contribution in [1.29, 1.82) is 0 Å². The summed E-state index contributed by atoms with van der Waals surface area (Å²) in [6, 6.07) is 26.0. The van der Waals surface area contributed by atoms with Gasteiger partial charge in [-0.25, -0.2) is 9.97 Å². The fraction of sp³-hybridized carbons (Fsp3) is 0.438. The van der Waals surface area contributed by atoms with Crippen molar-refractivity contribution >= 4 is 52.1 Å². The monoisotopic (exact) mass is 980 g/mol. The number of benzene rings is 2. The van der Waals surface area contributed by atoms with Crippen molar-refractivity contribution in [3.05, 3.63) is 135 Å². The summed E-state index contributed by atoms with van der Waals surface area (Å²) in [6.07, 6.45) is 28.6. The van der Waals surface area contributed by atoms with Gasteiger partial charge < -0.3 is 14.9 Å². The SMILES string of the molecule is CCCCCCN(CCCCCC)c1ccc(C#Cc2c3nc(c(CC(CC)CCCC)c4ccc([n-]4)c(C#Cc4ccc(C)cc4)c4nc(c(C(CC)CCCC)c5ccc2[n-]5)C=C4)C=C3)cc1.[Zn+2]. The van der Waals surface area contributed by atoms with E-state index in [1.165, 1.54) is 87.4 Å². The molecule has 2 aromatic carbocycles. The average Bonchev–Trinajstić information content (AvgIpc) is 4.23. The van der Waals surface area contributed by atoms with Crippen molar-refractivity contribution in [3.63, 3.8) is 0 Å². The Balaban J connectivity index is 0.00000804. The third-order valence-corrected chi connectivity index (χ3v) is 14.1. The summed E-state index contributed by atoms with van der Waals surface area (Å²) >= 11 is 0. The number of rotatable bonds is 22. The summed E-state index contributed by atoms with van der Waals surface area (Å²) in [7, 11) is 0. The van der Waals surface area contributed by atoms with Crippen molar-refractivity contribution in [2.24, 2.45) is 5.92 Å². The summed E-state index contributed by atoms with van der Waals surface area (Å²) in [5.74, 6) is 15.1. The Morgan fingerprint density at radius 2 is 0.986 bits per heavy atom. The third kappa shape index (κ3) is 14.4. The minimum absolute atomic E-state index is 0. The largest absolute Gasteiger partial charge is 2.00 e. The summed E-state index contributed by atoms with van der Waals surface area (Å²) in [5, 5.41) is 0. The number of aryl methyl sites for hydroxylation is 1. The van der Waals surface area contributed by atoms with Gasteiger partial charge in [0.25, 0.3) is 0 Å². The Morgan fingerprint density at radius 1 is 0.486 bits per heavy atom. The molecule has 70 heavy (non-hydrogen) atoms. The van der Waals surface area contributed by atoms with Crippen LogP contribution in [0.3, 0.4) is 0 Å². The molecule has 6 heteroatoms. The van der Waals surface area contributed by atoms with E-state index in [9.17, 15) is 0 Å². The van der Waals surface area contributed by atoms with E-state index in [0.29, 0.717) is 5.92 Å². The summed E-state index contributed by atoms with van der Waals surface area (Å²) in [4.78, 5) is 24.4. The molecule has 0 saturated carbocycles. The van der Waals surface area contributed by atoms with E-state index in [2.05, 4.69) is 174 Å². The van der Waals surface area contributed by atoms with E-state index >= 15 is 0 Å². The Hall–Kier alpha value is -5.42. The van der Waals surface area contributed by atoms with Gasteiger partial charge in [0.05, 0.1) is 22.8 Å². The number of anilines is 1. The van der Waals surface area contributed by atoms with Gasteiger partial charge in [-0.3, -0.25) is 0 Å². The maximum Gasteiger partial charge on any atom is 2.00 e. The van der Waals surface area contributed by atoms with Crippen LogP contribution < -0.4 is 14.9 Å². The van der Waals surface area contributed by atoms with Crippen molar-refractivity contribution in [1.82, 2.24) is 19.9 Å². The van der Waals surface area contributed by atoms with Crippen LogP contribution in [-0.2, 0) is 25.9 Å². The van der Waals surface area contributed by atoms with Gasteiger partial charge in [0.2, 0.25) is 0 Å². The smallest absolute Gasteiger partial charge is 0.656 e.